The fourth-order valence-corrected chi connectivity index (χ4v) is 1.69. The molecule has 0 aromatic rings. The predicted octanol–water partition coefficient (Wildman–Crippen LogP) is -3.26. The highest BCUT2D eigenvalue weighted by Gasteiger charge is 2.33. The zero-order valence-corrected chi connectivity index (χ0v) is 13.1. The smallest absolute Gasteiger partial charge is 0.141 e. The third kappa shape index (κ3) is 8.24. The van der Waals surface area contributed by atoms with Crippen molar-refractivity contribution in [3.8, 4) is 0 Å². The van der Waals surface area contributed by atoms with Crippen LogP contribution in [0.1, 0.15) is 12.8 Å². The van der Waals surface area contributed by atoms with Crippen molar-refractivity contribution in [2.45, 2.75) is 37.3 Å². The Balaban J connectivity index is 4.49. The summed E-state index contributed by atoms with van der Waals surface area (Å²) in [6.45, 7) is -1.37. The molecule has 4 unspecified atom stereocenters. The third-order valence-corrected chi connectivity index (χ3v) is 3.11. The summed E-state index contributed by atoms with van der Waals surface area (Å²) in [6, 6.07) is 0. The van der Waals surface area contributed by atoms with Crippen molar-refractivity contribution in [1.29, 1.82) is 0 Å². The van der Waals surface area contributed by atoms with Gasteiger partial charge in [0, 0.05) is 12.8 Å². The van der Waals surface area contributed by atoms with Crippen molar-refractivity contribution >= 4 is 11.7 Å². The van der Waals surface area contributed by atoms with E-state index in [9.17, 15) is 20.4 Å². The van der Waals surface area contributed by atoms with E-state index in [1.165, 1.54) is 0 Å². The van der Waals surface area contributed by atoms with Crippen LogP contribution in [0.25, 0.3) is 0 Å². The second-order valence-electron chi connectivity index (χ2n) is 4.85. The van der Waals surface area contributed by atoms with Crippen molar-refractivity contribution in [3.63, 3.8) is 0 Å². The zero-order chi connectivity index (χ0) is 18.5. The van der Waals surface area contributed by atoms with Crippen LogP contribution in [0.2, 0.25) is 0 Å². The number of aliphatic hydroxyl groups is 4. The number of hydrogen-bond acceptors (Lipinski definition) is 10. The Morgan fingerprint density at radius 2 is 1.12 bits per heavy atom. The van der Waals surface area contributed by atoms with Gasteiger partial charge in [-0.3, -0.25) is 0 Å². The van der Waals surface area contributed by atoms with E-state index < -0.39 is 37.6 Å². The summed E-state index contributed by atoms with van der Waals surface area (Å²) in [7, 11) is 0. The van der Waals surface area contributed by atoms with Gasteiger partial charge in [0.2, 0.25) is 0 Å². The average Bonchev–Trinajstić information content (AvgIpc) is 2.60. The first-order chi connectivity index (χ1) is 11.4. The van der Waals surface area contributed by atoms with Gasteiger partial charge in [-0.15, -0.1) is 0 Å². The highest BCUT2D eigenvalue weighted by Crippen LogP contribution is 2.11. The maximum atomic E-state index is 10.0. The SMILES string of the molecule is NC(CCOC(CO)C(O)C(O)C(CO)OCCC(N)=NO)=NO. The van der Waals surface area contributed by atoms with Gasteiger partial charge in [-0.1, -0.05) is 10.3 Å². The molecule has 142 valence electrons. The summed E-state index contributed by atoms with van der Waals surface area (Å²) in [6.07, 6.45) is -5.38. The normalized spacial score (nSPS) is 18.2. The second-order valence-corrected chi connectivity index (χ2v) is 4.85. The molecule has 0 amide bonds. The first-order valence-corrected chi connectivity index (χ1v) is 7.15. The summed E-state index contributed by atoms with van der Waals surface area (Å²) in [4.78, 5) is 0. The number of ether oxygens (including phenoxy) is 2. The minimum Gasteiger partial charge on any atom is -0.409 e. The van der Waals surface area contributed by atoms with Gasteiger partial charge >= 0.3 is 0 Å². The molecule has 10 N–H and O–H groups in total. The number of nitrogens with two attached hydrogens (primary N) is 2. The lowest BCUT2D eigenvalue weighted by molar-refractivity contribution is -0.153. The van der Waals surface area contributed by atoms with Gasteiger partial charge < -0.3 is 51.8 Å². The monoisotopic (exact) mass is 354 g/mol. The largest absolute Gasteiger partial charge is 0.409 e. The maximum Gasteiger partial charge on any atom is 0.141 e. The maximum absolute atomic E-state index is 10.0. The highest BCUT2D eigenvalue weighted by atomic mass is 16.5. The van der Waals surface area contributed by atoms with Crippen LogP contribution in [0.4, 0.5) is 0 Å². The molecule has 0 saturated carbocycles. The minimum atomic E-state index is -1.57. The molecular weight excluding hydrogens is 328 g/mol. The molecule has 12 heteroatoms. The first kappa shape index (κ1) is 22.3. The molecule has 0 bridgehead atoms. The summed E-state index contributed by atoms with van der Waals surface area (Å²) in [5.74, 6) is -0.192. The van der Waals surface area contributed by atoms with Gasteiger partial charge in [-0.2, -0.15) is 0 Å². The van der Waals surface area contributed by atoms with Crippen molar-refractivity contribution in [3.05, 3.63) is 0 Å². The number of amidine groups is 2. The van der Waals surface area contributed by atoms with E-state index in [1.54, 1.807) is 0 Å². The minimum absolute atomic E-state index is 0.0511. The van der Waals surface area contributed by atoms with Gasteiger partial charge in [0.05, 0.1) is 26.4 Å². The lowest BCUT2D eigenvalue weighted by Gasteiger charge is -2.30. The quantitative estimate of drug-likeness (QED) is 0.0714. The van der Waals surface area contributed by atoms with Crippen LogP contribution in [0, 0.1) is 0 Å². The standard InChI is InChI=1S/C12H26N4O8/c13-9(15-21)1-3-23-7(5-17)11(19)12(20)8(6-18)24-4-2-10(14)16-22/h7-8,11-12,17-22H,1-6H2,(H2,13,15)(H2,14,16). The molecule has 0 aliphatic rings. The Morgan fingerprint density at radius 1 is 0.792 bits per heavy atom. The third-order valence-electron chi connectivity index (χ3n) is 3.11. The lowest BCUT2D eigenvalue weighted by Crippen LogP contribution is -2.49. The Labute approximate surface area is 138 Å². The van der Waals surface area contributed by atoms with E-state index in [4.69, 9.17) is 31.4 Å². The molecule has 0 saturated heterocycles. The summed E-state index contributed by atoms with van der Waals surface area (Å²) >= 11 is 0. The van der Waals surface area contributed by atoms with E-state index in [0.717, 1.165) is 0 Å². The molecule has 0 aliphatic carbocycles. The number of aliphatic hydroxyl groups excluding tert-OH is 4. The van der Waals surface area contributed by atoms with E-state index in [2.05, 4.69) is 10.3 Å². The van der Waals surface area contributed by atoms with E-state index in [0.29, 0.717) is 0 Å². The fraction of sp³-hybridized carbons (Fsp3) is 0.833. The van der Waals surface area contributed by atoms with Gasteiger partial charge in [0.15, 0.2) is 0 Å². The van der Waals surface area contributed by atoms with E-state index >= 15 is 0 Å². The van der Waals surface area contributed by atoms with Crippen molar-refractivity contribution < 1.29 is 40.3 Å². The van der Waals surface area contributed by atoms with Gasteiger partial charge in [-0.25, -0.2) is 0 Å². The first-order valence-electron chi connectivity index (χ1n) is 7.15. The second kappa shape index (κ2) is 12.7. The van der Waals surface area contributed by atoms with Crippen molar-refractivity contribution in [2.24, 2.45) is 21.8 Å². The molecule has 24 heavy (non-hydrogen) atoms. The van der Waals surface area contributed by atoms with Crippen molar-refractivity contribution in [2.75, 3.05) is 26.4 Å². The molecule has 0 fully saturated rings. The van der Waals surface area contributed by atoms with E-state index in [-0.39, 0.29) is 37.7 Å². The van der Waals surface area contributed by atoms with Gasteiger partial charge in [-0.05, 0) is 0 Å². The number of rotatable bonds is 13. The molecule has 12 nitrogen and oxygen atoms in total. The molecule has 0 aromatic carbocycles. The molecule has 0 aliphatic heterocycles. The van der Waals surface area contributed by atoms with Crippen LogP contribution in [0.15, 0.2) is 10.3 Å². The van der Waals surface area contributed by atoms with E-state index in [1.807, 2.05) is 0 Å². The van der Waals surface area contributed by atoms with Crippen LogP contribution >= 0.6 is 0 Å². The van der Waals surface area contributed by atoms with Crippen LogP contribution < -0.4 is 11.5 Å². The lowest BCUT2D eigenvalue weighted by atomic mass is 10.0. The van der Waals surface area contributed by atoms with Crippen LogP contribution in [-0.4, -0.2) is 93.4 Å². The van der Waals surface area contributed by atoms with Crippen LogP contribution in [0.5, 0.6) is 0 Å². The highest BCUT2D eigenvalue weighted by molar-refractivity contribution is 5.79. The molecule has 0 rings (SSSR count). The number of nitrogens with zero attached hydrogens (tertiary/aromatic N) is 2. The average molecular weight is 354 g/mol. The Bertz CT molecular complexity index is 359. The molecule has 0 spiro atoms. The Hall–Kier alpha value is -1.70. The zero-order valence-electron chi connectivity index (χ0n) is 13.1. The number of hydrogen-bond donors (Lipinski definition) is 8. The molecule has 0 heterocycles. The fourth-order valence-electron chi connectivity index (χ4n) is 1.69. The molecular formula is C12H26N4O8. The molecule has 0 radical (unpaired) electrons. The summed E-state index contributed by atoms with van der Waals surface area (Å²) in [5.41, 5.74) is 10.5. The van der Waals surface area contributed by atoms with Gasteiger partial charge in [0.1, 0.15) is 36.1 Å². The van der Waals surface area contributed by atoms with Crippen LogP contribution in [-0.2, 0) is 9.47 Å². The Morgan fingerprint density at radius 3 is 1.38 bits per heavy atom. The number of oxime groups is 2. The summed E-state index contributed by atoms with van der Waals surface area (Å²) < 4.78 is 10.3. The topological polar surface area (TPSA) is 217 Å². The van der Waals surface area contributed by atoms with Crippen molar-refractivity contribution in [1.82, 2.24) is 0 Å². The Kier molecular flexibility index (Phi) is 11.8. The molecule has 4 atom stereocenters. The summed E-state index contributed by atoms with van der Waals surface area (Å²) in [5, 5.41) is 60.8. The van der Waals surface area contributed by atoms with Crippen LogP contribution in [0.3, 0.4) is 0 Å². The predicted molar refractivity (Wildman–Crippen MR) is 81.7 cm³/mol. The van der Waals surface area contributed by atoms with Gasteiger partial charge in [0.25, 0.3) is 0 Å². The molecule has 0 aromatic heterocycles.